The summed E-state index contributed by atoms with van der Waals surface area (Å²) in [6.07, 6.45) is 0. The molecule has 0 bridgehead atoms. The third-order valence-corrected chi connectivity index (χ3v) is 6.70. The lowest BCUT2D eigenvalue weighted by Crippen LogP contribution is -2.44. The number of ether oxygens (including phenoxy) is 1. The molecule has 0 aromatic heterocycles. The van der Waals surface area contributed by atoms with Crippen LogP contribution in [0.25, 0.3) is 0 Å². The standard InChI is InChI=1S/C17H27NO2.C7H8O3S/c1-10-11(2)16-14(12(3)15(10)19)13(9-18(6,7)8)17(4,5)20-16;1-6-2-4-7(5-3-6)11(8,9)10/h13H,9H2,1-8H3;2-5H,1H3,(H,8,9,10). The van der Waals surface area contributed by atoms with E-state index in [0.717, 1.165) is 39.0 Å². The molecule has 2 aromatic carbocycles. The van der Waals surface area contributed by atoms with Gasteiger partial charge < -0.3 is 18.9 Å². The molecule has 172 valence electrons. The van der Waals surface area contributed by atoms with E-state index in [1.165, 1.54) is 17.7 Å². The fraction of sp³-hybridized carbons (Fsp3) is 0.500. The zero-order valence-corrected chi connectivity index (χ0v) is 20.8. The number of aromatic hydroxyl groups is 1. The minimum atomic E-state index is -4.27. The molecule has 0 saturated heterocycles. The SMILES string of the molecule is Cc1c(C)c2c(c(C)c1O)C(C[N+](C)(C)C)C(C)(C)O2.Cc1ccc(S(=O)(=O)[O-])cc1. The van der Waals surface area contributed by atoms with Crippen LogP contribution in [0.4, 0.5) is 0 Å². The second kappa shape index (κ2) is 8.45. The molecular formula is C24H35NO5S. The van der Waals surface area contributed by atoms with Crippen molar-refractivity contribution in [3.05, 3.63) is 52.1 Å². The summed E-state index contributed by atoms with van der Waals surface area (Å²) in [5.74, 6) is 1.71. The van der Waals surface area contributed by atoms with Gasteiger partial charge in [0.05, 0.1) is 38.5 Å². The van der Waals surface area contributed by atoms with Gasteiger partial charge in [0.25, 0.3) is 0 Å². The Morgan fingerprint density at radius 2 is 1.52 bits per heavy atom. The van der Waals surface area contributed by atoms with Crippen LogP contribution in [-0.2, 0) is 10.1 Å². The second-order valence-electron chi connectivity index (χ2n) is 9.96. The average molecular weight is 450 g/mol. The molecule has 1 aliphatic rings. The number of fused-ring (bicyclic) bond motifs is 1. The van der Waals surface area contributed by atoms with Crippen molar-refractivity contribution < 1.29 is 27.3 Å². The number of benzene rings is 2. The molecule has 6 nitrogen and oxygen atoms in total. The number of quaternary nitrogens is 1. The Hall–Kier alpha value is -2.09. The van der Waals surface area contributed by atoms with Crippen LogP contribution >= 0.6 is 0 Å². The molecule has 1 N–H and O–H groups in total. The third kappa shape index (κ3) is 5.59. The van der Waals surface area contributed by atoms with Crippen molar-refractivity contribution in [2.45, 2.75) is 58.0 Å². The van der Waals surface area contributed by atoms with Crippen LogP contribution in [0.3, 0.4) is 0 Å². The Balaban J connectivity index is 0.000000262. The first-order chi connectivity index (χ1) is 14.0. The Bertz CT molecular complexity index is 1060. The summed E-state index contributed by atoms with van der Waals surface area (Å²) in [6, 6.07) is 5.78. The number of nitrogens with zero attached hydrogens (tertiary/aromatic N) is 1. The molecule has 1 atom stereocenters. The van der Waals surface area contributed by atoms with Gasteiger partial charge in [0.1, 0.15) is 27.2 Å². The highest BCUT2D eigenvalue weighted by Gasteiger charge is 2.46. The van der Waals surface area contributed by atoms with Crippen molar-refractivity contribution in [1.29, 1.82) is 0 Å². The van der Waals surface area contributed by atoms with Gasteiger partial charge in [-0.1, -0.05) is 17.7 Å². The van der Waals surface area contributed by atoms with E-state index in [1.807, 2.05) is 27.7 Å². The van der Waals surface area contributed by atoms with E-state index in [4.69, 9.17) is 4.74 Å². The molecule has 0 amide bonds. The minimum absolute atomic E-state index is 0.178. The van der Waals surface area contributed by atoms with Crippen LogP contribution in [0.2, 0.25) is 0 Å². The first-order valence-corrected chi connectivity index (χ1v) is 11.7. The highest BCUT2D eigenvalue weighted by molar-refractivity contribution is 7.85. The number of hydrogen-bond donors (Lipinski definition) is 1. The van der Waals surface area contributed by atoms with Gasteiger partial charge in [0, 0.05) is 5.56 Å². The largest absolute Gasteiger partial charge is 0.744 e. The summed E-state index contributed by atoms with van der Waals surface area (Å²) in [7, 11) is 2.33. The maximum atomic E-state index is 10.4. The van der Waals surface area contributed by atoms with Crippen LogP contribution in [-0.4, -0.2) is 55.8 Å². The van der Waals surface area contributed by atoms with Crippen LogP contribution in [0, 0.1) is 27.7 Å². The monoisotopic (exact) mass is 449 g/mol. The lowest BCUT2D eigenvalue weighted by atomic mass is 9.82. The van der Waals surface area contributed by atoms with Gasteiger partial charge in [-0.2, -0.15) is 0 Å². The number of rotatable bonds is 3. The molecule has 31 heavy (non-hydrogen) atoms. The molecule has 0 fully saturated rings. The summed E-state index contributed by atoms with van der Waals surface area (Å²) in [6.45, 7) is 13.1. The van der Waals surface area contributed by atoms with E-state index >= 15 is 0 Å². The van der Waals surface area contributed by atoms with Gasteiger partial charge >= 0.3 is 0 Å². The predicted octanol–water partition coefficient (Wildman–Crippen LogP) is 4.18. The molecule has 2 aromatic rings. The van der Waals surface area contributed by atoms with Gasteiger partial charge in [0.15, 0.2) is 0 Å². The number of hydrogen-bond acceptors (Lipinski definition) is 5. The van der Waals surface area contributed by atoms with E-state index in [0.29, 0.717) is 11.7 Å². The quantitative estimate of drug-likeness (QED) is 0.561. The van der Waals surface area contributed by atoms with E-state index in [2.05, 4.69) is 35.0 Å². The highest BCUT2D eigenvalue weighted by atomic mass is 32.2. The summed E-state index contributed by atoms with van der Waals surface area (Å²) < 4.78 is 38.3. The number of aryl methyl sites for hydroxylation is 1. The molecule has 0 aliphatic carbocycles. The predicted molar refractivity (Wildman–Crippen MR) is 122 cm³/mol. The summed E-state index contributed by atoms with van der Waals surface area (Å²) >= 11 is 0. The van der Waals surface area contributed by atoms with Gasteiger partial charge in [-0.25, -0.2) is 8.42 Å². The molecular weight excluding hydrogens is 414 g/mol. The maximum absolute atomic E-state index is 10.4. The summed E-state index contributed by atoms with van der Waals surface area (Å²) in [5.41, 5.74) is 4.88. The van der Waals surface area contributed by atoms with Gasteiger partial charge in [-0.3, -0.25) is 0 Å². The molecule has 1 unspecified atom stereocenters. The van der Waals surface area contributed by atoms with Crippen molar-refractivity contribution in [1.82, 2.24) is 0 Å². The Labute approximate surface area is 186 Å². The van der Waals surface area contributed by atoms with Crippen molar-refractivity contribution in [3.8, 4) is 11.5 Å². The second-order valence-corrected chi connectivity index (χ2v) is 11.3. The van der Waals surface area contributed by atoms with Crippen molar-refractivity contribution in [2.24, 2.45) is 0 Å². The first-order valence-electron chi connectivity index (χ1n) is 10.3. The van der Waals surface area contributed by atoms with Gasteiger partial charge in [0.2, 0.25) is 0 Å². The third-order valence-electron chi connectivity index (χ3n) is 5.85. The normalized spacial score (nSPS) is 17.4. The molecule has 1 aliphatic heterocycles. The number of likely N-dealkylation sites (N-methyl/N-ethyl adjacent to an activating group) is 1. The summed E-state index contributed by atoms with van der Waals surface area (Å²) in [4.78, 5) is -0.178. The Morgan fingerprint density at radius 3 is 1.97 bits per heavy atom. The fourth-order valence-electron chi connectivity index (χ4n) is 3.93. The fourth-order valence-corrected chi connectivity index (χ4v) is 4.40. The van der Waals surface area contributed by atoms with Gasteiger partial charge in [-0.15, -0.1) is 0 Å². The van der Waals surface area contributed by atoms with Crippen LogP contribution in [0.1, 0.15) is 47.6 Å². The van der Waals surface area contributed by atoms with Crippen LogP contribution < -0.4 is 4.74 Å². The summed E-state index contributed by atoms with van der Waals surface area (Å²) in [5, 5.41) is 10.4. The molecule has 7 heteroatoms. The van der Waals surface area contributed by atoms with Crippen molar-refractivity contribution in [2.75, 3.05) is 27.7 Å². The van der Waals surface area contributed by atoms with Gasteiger partial charge in [-0.05, 0) is 70.4 Å². The van der Waals surface area contributed by atoms with E-state index in [9.17, 15) is 18.1 Å². The molecule has 0 radical (unpaired) electrons. The zero-order chi connectivity index (χ0) is 23.9. The van der Waals surface area contributed by atoms with Crippen LogP contribution in [0.5, 0.6) is 11.5 Å². The first kappa shape index (κ1) is 25.2. The smallest absolute Gasteiger partial charge is 0.127 e. The van der Waals surface area contributed by atoms with E-state index < -0.39 is 10.1 Å². The lowest BCUT2D eigenvalue weighted by molar-refractivity contribution is -0.872. The maximum Gasteiger partial charge on any atom is 0.127 e. The van der Waals surface area contributed by atoms with E-state index in [-0.39, 0.29) is 10.5 Å². The minimum Gasteiger partial charge on any atom is -0.744 e. The topological polar surface area (TPSA) is 86.7 Å². The highest BCUT2D eigenvalue weighted by Crippen LogP contribution is 2.51. The lowest BCUT2D eigenvalue weighted by Gasteiger charge is -2.33. The van der Waals surface area contributed by atoms with E-state index in [1.54, 1.807) is 12.1 Å². The zero-order valence-electron chi connectivity index (χ0n) is 20.0. The van der Waals surface area contributed by atoms with Crippen LogP contribution in [0.15, 0.2) is 29.2 Å². The number of phenolic OH excluding ortho intramolecular Hbond substituents is 1. The Kier molecular flexibility index (Phi) is 6.86. The number of phenols is 1. The average Bonchev–Trinajstić information content (AvgIpc) is 2.88. The molecule has 3 rings (SSSR count). The van der Waals surface area contributed by atoms with Crippen molar-refractivity contribution >= 4 is 10.1 Å². The van der Waals surface area contributed by atoms with Crippen molar-refractivity contribution in [3.63, 3.8) is 0 Å². The molecule has 1 heterocycles. The molecule has 0 saturated carbocycles. The Morgan fingerprint density at radius 1 is 1.00 bits per heavy atom. The molecule has 0 spiro atoms.